The summed E-state index contributed by atoms with van der Waals surface area (Å²) < 4.78 is 0. The van der Waals surface area contributed by atoms with Crippen LogP contribution in [0.15, 0.2) is 18.3 Å². The number of hydrogen-bond acceptors (Lipinski definition) is 4. The summed E-state index contributed by atoms with van der Waals surface area (Å²) in [5.41, 5.74) is 2.76. The molecule has 3 nitrogen and oxygen atoms in total. The molecule has 0 fully saturated rings. The van der Waals surface area contributed by atoms with Gasteiger partial charge in [-0.2, -0.15) is 11.8 Å². The monoisotopic (exact) mass is 283 g/mol. The first-order valence-corrected chi connectivity index (χ1v) is 6.90. The van der Waals surface area contributed by atoms with Crippen molar-refractivity contribution in [2.45, 2.75) is 11.5 Å². The molecule has 3 rings (SSSR count). The standard InChI is InChI=1S/C11H7Cl2N3S/c12-6-1-2-8(14-3-6)11-15-9-5-17-4-7(9)10(13)16-11/h1-3H,4-5H2. The molecule has 0 N–H and O–H groups in total. The Morgan fingerprint density at radius 2 is 2.00 bits per heavy atom. The average molecular weight is 284 g/mol. The van der Waals surface area contributed by atoms with Gasteiger partial charge in [0.25, 0.3) is 0 Å². The molecular weight excluding hydrogens is 277 g/mol. The topological polar surface area (TPSA) is 38.7 Å². The van der Waals surface area contributed by atoms with Gasteiger partial charge in [0, 0.05) is 23.3 Å². The number of thioether (sulfide) groups is 1. The van der Waals surface area contributed by atoms with Crippen molar-refractivity contribution >= 4 is 35.0 Å². The van der Waals surface area contributed by atoms with Gasteiger partial charge in [0.15, 0.2) is 5.82 Å². The van der Waals surface area contributed by atoms with Crippen molar-refractivity contribution in [3.63, 3.8) is 0 Å². The molecule has 1 aliphatic heterocycles. The molecule has 2 aromatic rings. The highest BCUT2D eigenvalue weighted by molar-refractivity contribution is 7.98. The van der Waals surface area contributed by atoms with E-state index in [4.69, 9.17) is 23.2 Å². The minimum Gasteiger partial charge on any atom is -0.251 e. The molecule has 0 bridgehead atoms. The lowest BCUT2D eigenvalue weighted by molar-refractivity contribution is 1.06. The summed E-state index contributed by atoms with van der Waals surface area (Å²) in [6.07, 6.45) is 1.58. The fraction of sp³-hybridized carbons (Fsp3) is 0.182. The van der Waals surface area contributed by atoms with E-state index in [9.17, 15) is 0 Å². The van der Waals surface area contributed by atoms with Crippen LogP contribution in [0.2, 0.25) is 10.2 Å². The van der Waals surface area contributed by atoms with Crippen LogP contribution in [0.3, 0.4) is 0 Å². The molecule has 0 atom stereocenters. The molecule has 0 unspecified atom stereocenters. The van der Waals surface area contributed by atoms with E-state index in [0.29, 0.717) is 21.7 Å². The van der Waals surface area contributed by atoms with Crippen LogP contribution in [0.5, 0.6) is 0 Å². The van der Waals surface area contributed by atoms with Crippen LogP contribution < -0.4 is 0 Å². The summed E-state index contributed by atoms with van der Waals surface area (Å²) in [6, 6.07) is 3.56. The van der Waals surface area contributed by atoms with Gasteiger partial charge in [0.05, 0.1) is 10.7 Å². The fourth-order valence-corrected chi connectivity index (χ4v) is 3.12. The lowest BCUT2D eigenvalue weighted by atomic mass is 10.2. The Hall–Kier alpha value is -0.840. The second kappa shape index (κ2) is 4.44. The molecule has 0 amide bonds. The predicted molar refractivity (Wildman–Crippen MR) is 70.3 cm³/mol. The van der Waals surface area contributed by atoms with Crippen molar-refractivity contribution in [3.05, 3.63) is 39.8 Å². The van der Waals surface area contributed by atoms with E-state index in [1.807, 2.05) is 0 Å². The Balaban J connectivity index is 2.10. The van der Waals surface area contributed by atoms with Gasteiger partial charge in [-0.25, -0.2) is 9.97 Å². The quantitative estimate of drug-likeness (QED) is 0.750. The zero-order valence-electron chi connectivity index (χ0n) is 8.65. The number of hydrogen-bond donors (Lipinski definition) is 0. The zero-order valence-corrected chi connectivity index (χ0v) is 11.0. The van der Waals surface area contributed by atoms with Crippen molar-refractivity contribution in [3.8, 4) is 11.5 Å². The Labute approximate surface area is 113 Å². The third kappa shape index (κ3) is 2.12. The second-order valence-corrected chi connectivity index (χ2v) is 5.40. The summed E-state index contributed by atoms with van der Waals surface area (Å²) in [6.45, 7) is 0. The molecule has 0 saturated heterocycles. The van der Waals surface area contributed by atoms with Crippen LogP contribution in [0, 0.1) is 0 Å². The Morgan fingerprint density at radius 3 is 2.76 bits per heavy atom. The van der Waals surface area contributed by atoms with Gasteiger partial charge in [-0.3, -0.25) is 4.98 Å². The molecule has 2 aromatic heterocycles. The molecule has 0 radical (unpaired) electrons. The first-order valence-electron chi connectivity index (χ1n) is 4.99. The molecular formula is C11H7Cl2N3S. The van der Waals surface area contributed by atoms with Gasteiger partial charge in [-0.1, -0.05) is 23.2 Å². The van der Waals surface area contributed by atoms with Gasteiger partial charge in [-0.15, -0.1) is 0 Å². The number of fused-ring (bicyclic) bond motifs is 1. The van der Waals surface area contributed by atoms with Crippen molar-refractivity contribution in [2.75, 3.05) is 0 Å². The molecule has 6 heteroatoms. The van der Waals surface area contributed by atoms with Crippen molar-refractivity contribution in [1.82, 2.24) is 15.0 Å². The van der Waals surface area contributed by atoms with Gasteiger partial charge in [0.1, 0.15) is 10.8 Å². The Kier molecular flexibility index (Phi) is 2.94. The number of rotatable bonds is 1. The van der Waals surface area contributed by atoms with Crippen molar-refractivity contribution in [1.29, 1.82) is 0 Å². The number of aromatic nitrogens is 3. The van der Waals surface area contributed by atoms with E-state index in [1.54, 1.807) is 30.1 Å². The fourth-order valence-electron chi connectivity index (χ4n) is 1.63. The van der Waals surface area contributed by atoms with Gasteiger partial charge in [-0.05, 0) is 12.1 Å². The third-order valence-corrected chi connectivity index (χ3v) is 3.99. The van der Waals surface area contributed by atoms with Crippen LogP contribution in [-0.2, 0) is 11.5 Å². The smallest absolute Gasteiger partial charge is 0.179 e. The van der Waals surface area contributed by atoms with E-state index < -0.39 is 0 Å². The molecule has 1 aliphatic rings. The minimum absolute atomic E-state index is 0.534. The maximum Gasteiger partial charge on any atom is 0.179 e. The second-order valence-electron chi connectivity index (χ2n) is 3.62. The van der Waals surface area contributed by atoms with Gasteiger partial charge >= 0.3 is 0 Å². The van der Waals surface area contributed by atoms with Crippen LogP contribution in [0.4, 0.5) is 0 Å². The van der Waals surface area contributed by atoms with Crippen molar-refractivity contribution < 1.29 is 0 Å². The highest BCUT2D eigenvalue weighted by Crippen LogP contribution is 2.33. The normalized spacial score (nSPS) is 13.8. The van der Waals surface area contributed by atoms with E-state index >= 15 is 0 Å². The molecule has 86 valence electrons. The van der Waals surface area contributed by atoms with Gasteiger partial charge in [0.2, 0.25) is 0 Å². The maximum absolute atomic E-state index is 6.14. The van der Waals surface area contributed by atoms with Crippen LogP contribution in [0.25, 0.3) is 11.5 Å². The van der Waals surface area contributed by atoms with Crippen LogP contribution >= 0.6 is 35.0 Å². The first-order chi connectivity index (χ1) is 8.24. The molecule has 0 spiro atoms. The Morgan fingerprint density at radius 1 is 1.12 bits per heavy atom. The summed E-state index contributed by atoms with van der Waals surface area (Å²) in [7, 11) is 0. The predicted octanol–water partition coefficient (Wildman–Crippen LogP) is 3.59. The molecule has 3 heterocycles. The summed E-state index contributed by atoms with van der Waals surface area (Å²) in [5, 5.41) is 1.13. The molecule has 17 heavy (non-hydrogen) atoms. The van der Waals surface area contributed by atoms with E-state index in [1.165, 1.54) is 0 Å². The molecule has 0 aliphatic carbocycles. The lowest BCUT2D eigenvalue weighted by Crippen LogP contribution is -1.98. The highest BCUT2D eigenvalue weighted by atomic mass is 35.5. The summed E-state index contributed by atoms with van der Waals surface area (Å²) in [4.78, 5) is 13.0. The van der Waals surface area contributed by atoms with E-state index in [-0.39, 0.29) is 0 Å². The van der Waals surface area contributed by atoms with E-state index in [2.05, 4.69) is 15.0 Å². The highest BCUT2D eigenvalue weighted by Gasteiger charge is 2.19. The first kappa shape index (κ1) is 11.3. The zero-order chi connectivity index (χ0) is 11.8. The Bertz CT molecular complexity index is 572. The number of nitrogens with zero attached hydrogens (tertiary/aromatic N) is 3. The maximum atomic E-state index is 6.14. The minimum atomic E-state index is 0.534. The largest absolute Gasteiger partial charge is 0.251 e. The number of pyridine rings is 1. The van der Waals surface area contributed by atoms with Crippen LogP contribution in [-0.4, -0.2) is 15.0 Å². The molecule has 0 saturated carbocycles. The SMILES string of the molecule is Clc1ccc(-c2nc(Cl)c3c(n2)CSC3)nc1. The third-order valence-electron chi connectivity index (χ3n) is 2.48. The average Bonchev–Trinajstić information content (AvgIpc) is 2.78. The van der Waals surface area contributed by atoms with Crippen molar-refractivity contribution in [2.24, 2.45) is 0 Å². The van der Waals surface area contributed by atoms with Gasteiger partial charge < -0.3 is 0 Å². The number of halogens is 2. The summed E-state index contributed by atoms with van der Waals surface area (Å²) >= 11 is 13.7. The van der Waals surface area contributed by atoms with E-state index in [0.717, 1.165) is 22.8 Å². The lowest BCUT2D eigenvalue weighted by Gasteiger charge is -2.04. The van der Waals surface area contributed by atoms with Crippen LogP contribution in [0.1, 0.15) is 11.3 Å². The molecule has 0 aromatic carbocycles. The summed E-state index contributed by atoms with van der Waals surface area (Å²) in [5.74, 6) is 2.34.